The maximum atomic E-state index is 11.6. The van der Waals surface area contributed by atoms with Crippen LogP contribution in [0.15, 0.2) is 24.3 Å². The molecule has 0 aromatic heterocycles. The van der Waals surface area contributed by atoms with Gasteiger partial charge in [0, 0.05) is 0 Å². The van der Waals surface area contributed by atoms with Crippen molar-refractivity contribution < 1.29 is 19.4 Å². The summed E-state index contributed by atoms with van der Waals surface area (Å²) in [6.07, 6.45) is 5.20. The molecule has 1 rings (SSSR count). The number of carbonyl (C=O) groups excluding carboxylic acids is 1. The summed E-state index contributed by atoms with van der Waals surface area (Å²) in [4.78, 5) is 21.2. The van der Waals surface area contributed by atoms with E-state index in [1.165, 1.54) is 12.2 Å². The highest BCUT2D eigenvalue weighted by atomic mass is 35.5. The van der Waals surface area contributed by atoms with Gasteiger partial charge in [0.25, 0.3) is 0 Å². The Morgan fingerprint density at radius 3 is 2.50 bits per heavy atom. The fourth-order valence-corrected chi connectivity index (χ4v) is 1.77. The number of carboxylic acid groups (broad SMARTS) is 1. The molecule has 6 heteroatoms. The van der Waals surface area contributed by atoms with Gasteiger partial charge in [-0.05, 0) is 26.8 Å². The number of nitrogens with one attached hydrogen (secondary N) is 1. The molecule has 0 aliphatic heterocycles. The second-order valence-electron chi connectivity index (χ2n) is 4.95. The molecule has 2 unspecified atom stereocenters. The number of alkyl halides is 1. The molecule has 1 aliphatic rings. The molecule has 100 valence electrons. The lowest BCUT2D eigenvalue weighted by Crippen LogP contribution is -2.52. The quantitative estimate of drug-likeness (QED) is 0.598. The number of aliphatic carboxylic acids is 1. The Hall–Kier alpha value is -1.49. The van der Waals surface area contributed by atoms with Crippen molar-refractivity contribution in [3.05, 3.63) is 24.3 Å². The molecular formula is C12H16ClNO4. The lowest BCUT2D eigenvalue weighted by atomic mass is 9.94. The minimum atomic E-state index is -1.51. The number of carbonyl (C=O) groups is 2. The van der Waals surface area contributed by atoms with Gasteiger partial charge in [0.15, 0.2) is 5.00 Å². The van der Waals surface area contributed by atoms with E-state index in [9.17, 15) is 9.59 Å². The largest absolute Gasteiger partial charge is 0.481 e. The molecule has 0 radical (unpaired) electrons. The summed E-state index contributed by atoms with van der Waals surface area (Å²) in [5, 5.41) is 11.4. The van der Waals surface area contributed by atoms with Crippen molar-refractivity contribution in [2.24, 2.45) is 5.92 Å². The summed E-state index contributed by atoms with van der Waals surface area (Å²) < 4.78 is 5.05. The van der Waals surface area contributed by atoms with Crippen molar-refractivity contribution in [1.29, 1.82) is 0 Å². The second kappa shape index (κ2) is 5.02. The monoisotopic (exact) mass is 273 g/mol. The van der Waals surface area contributed by atoms with E-state index >= 15 is 0 Å². The summed E-state index contributed by atoms with van der Waals surface area (Å²) in [5.41, 5.74) is -0.676. The molecular weight excluding hydrogens is 258 g/mol. The molecule has 0 heterocycles. The highest BCUT2D eigenvalue weighted by Crippen LogP contribution is 2.29. The number of hydrogen-bond acceptors (Lipinski definition) is 3. The number of ether oxygens (including phenoxy) is 1. The van der Waals surface area contributed by atoms with Crippen molar-refractivity contribution in [2.75, 3.05) is 0 Å². The molecule has 0 saturated carbocycles. The SMILES string of the molecule is CC(C)(C)OC(=O)NC1(Cl)C=CC=CC1C(=O)O. The number of allylic oxidation sites excluding steroid dienone is 2. The first-order valence-corrected chi connectivity index (χ1v) is 5.81. The predicted octanol–water partition coefficient (Wildman–Crippen LogP) is 2.27. The maximum absolute atomic E-state index is 11.6. The first kappa shape index (κ1) is 14.6. The lowest BCUT2D eigenvalue weighted by molar-refractivity contribution is -0.140. The van der Waals surface area contributed by atoms with Gasteiger partial charge < -0.3 is 9.84 Å². The van der Waals surface area contributed by atoms with Gasteiger partial charge in [-0.1, -0.05) is 29.8 Å². The number of hydrogen-bond donors (Lipinski definition) is 2. The van der Waals surface area contributed by atoms with E-state index in [2.05, 4.69) is 5.32 Å². The molecule has 0 saturated heterocycles. The topological polar surface area (TPSA) is 75.6 Å². The van der Waals surface area contributed by atoms with Crippen LogP contribution in [0.4, 0.5) is 4.79 Å². The van der Waals surface area contributed by atoms with E-state index in [0.29, 0.717) is 0 Å². The van der Waals surface area contributed by atoms with Gasteiger partial charge in [0.1, 0.15) is 11.5 Å². The molecule has 1 aliphatic carbocycles. The highest BCUT2D eigenvalue weighted by Gasteiger charge is 2.41. The van der Waals surface area contributed by atoms with Crippen molar-refractivity contribution in [3.63, 3.8) is 0 Å². The zero-order valence-corrected chi connectivity index (χ0v) is 11.2. The molecule has 2 atom stereocenters. The standard InChI is InChI=1S/C12H16ClNO4/c1-11(2,3)18-10(17)14-12(13)7-5-4-6-8(12)9(15)16/h4-8H,1-3H3,(H,14,17)(H,15,16). The van der Waals surface area contributed by atoms with Crippen LogP contribution in [0.3, 0.4) is 0 Å². The molecule has 2 N–H and O–H groups in total. The minimum Gasteiger partial charge on any atom is -0.481 e. The average molecular weight is 274 g/mol. The molecule has 1 amide bonds. The fourth-order valence-electron chi connectivity index (χ4n) is 1.46. The van der Waals surface area contributed by atoms with E-state index in [1.54, 1.807) is 32.9 Å². The fraction of sp³-hybridized carbons (Fsp3) is 0.500. The molecule has 0 fully saturated rings. The van der Waals surface area contributed by atoms with Gasteiger partial charge in [-0.25, -0.2) is 4.79 Å². The second-order valence-corrected chi connectivity index (χ2v) is 5.58. The molecule has 0 aromatic rings. The summed E-state index contributed by atoms with van der Waals surface area (Å²) in [5.74, 6) is -2.17. The van der Waals surface area contributed by atoms with E-state index in [1.807, 2.05) is 0 Å². The summed E-state index contributed by atoms with van der Waals surface area (Å²) in [7, 11) is 0. The van der Waals surface area contributed by atoms with Gasteiger partial charge in [-0.3, -0.25) is 10.1 Å². The molecule has 0 aromatic carbocycles. The minimum absolute atomic E-state index is 0.676. The third-order valence-electron chi connectivity index (χ3n) is 2.16. The maximum Gasteiger partial charge on any atom is 0.409 e. The van der Waals surface area contributed by atoms with Crippen LogP contribution in [0.25, 0.3) is 0 Å². The van der Waals surface area contributed by atoms with Crippen LogP contribution in [-0.2, 0) is 9.53 Å². The third kappa shape index (κ3) is 3.77. The van der Waals surface area contributed by atoms with E-state index < -0.39 is 28.6 Å². The van der Waals surface area contributed by atoms with Crippen LogP contribution in [0, 0.1) is 5.92 Å². The molecule has 0 spiro atoms. The number of halogens is 1. The van der Waals surface area contributed by atoms with Crippen molar-refractivity contribution in [1.82, 2.24) is 5.32 Å². The van der Waals surface area contributed by atoms with Gasteiger partial charge in [0.05, 0.1) is 0 Å². The van der Waals surface area contributed by atoms with Gasteiger partial charge in [0.2, 0.25) is 0 Å². The van der Waals surface area contributed by atoms with E-state index in [0.717, 1.165) is 0 Å². The highest BCUT2D eigenvalue weighted by molar-refractivity contribution is 6.27. The summed E-state index contributed by atoms with van der Waals surface area (Å²) >= 11 is 6.13. The van der Waals surface area contributed by atoms with Crippen LogP contribution >= 0.6 is 11.6 Å². The third-order valence-corrected chi connectivity index (χ3v) is 2.62. The number of rotatable bonds is 2. The Morgan fingerprint density at radius 2 is 2.00 bits per heavy atom. The molecule has 0 bridgehead atoms. The number of amides is 1. The summed E-state index contributed by atoms with van der Waals surface area (Å²) in [6.45, 7) is 5.12. The van der Waals surface area contributed by atoms with Crippen molar-refractivity contribution in [3.8, 4) is 0 Å². The van der Waals surface area contributed by atoms with Crippen LogP contribution in [0.1, 0.15) is 20.8 Å². The first-order valence-electron chi connectivity index (χ1n) is 5.43. The van der Waals surface area contributed by atoms with Crippen LogP contribution < -0.4 is 5.32 Å². The lowest BCUT2D eigenvalue weighted by Gasteiger charge is -2.32. The van der Waals surface area contributed by atoms with Crippen molar-refractivity contribution in [2.45, 2.75) is 31.4 Å². The van der Waals surface area contributed by atoms with Gasteiger partial charge >= 0.3 is 12.1 Å². The Balaban J connectivity index is 2.80. The Morgan fingerprint density at radius 1 is 1.39 bits per heavy atom. The first-order chi connectivity index (χ1) is 8.14. The van der Waals surface area contributed by atoms with Crippen molar-refractivity contribution >= 4 is 23.7 Å². The summed E-state index contributed by atoms with van der Waals surface area (Å²) in [6, 6.07) is 0. The zero-order valence-electron chi connectivity index (χ0n) is 10.4. The molecule has 18 heavy (non-hydrogen) atoms. The number of carboxylic acids is 1. The predicted molar refractivity (Wildman–Crippen MR) is 67.4 cm³/mol. The Bertz CT molecular complexity index is 411. The average Bonchev–Trinajstić information content (AvgIpc) is 2.13. The normalized spacial score (nSPS) is 26.8. The van der Waals surface area contributed by atoms with Crippen LogP contribution in [-0.4, -0.2) is 27.8 Å². The van der Waals surface area contributed by atoms with Crippen LogP contribution in [0.5, 0.6) is 0 Å². The van der Waals surface area contributed by atoms with E-state index in [-0.39, 0.29) is 0 Å². The van der Waals surface area contributed by atoms with Crippen LogP contribution in [0.2, 0.25) is 0 Å². The Kier molecular flexibility index (Phi) is 4.06. The van der Waals surface area contributed by atoms with E-state index in [4.69, 9.17) is 21.4 Å². The molecule has 5 nitrogen and oxygen atoms in total. The van der Waals surface area contributed by atoms with Gasteiger partial charge in [-0.2, -0.15) is 0 Å². The Labute approximate surface area is 110 Å². The van der Waals surface area contributed by atoms with Gasteiger partial charge in [-0.15, -0.1) is 0 Å². The number of alkyl carbamates (subject to hydrolysis) is 1. The zero-order chi connectivity index (χ0) is 14.0. The smallest absolute Gasteiger partial charge is 0.409 e.